The average molecular weight is 339 g/mol. The van der Waals surface area contributed by atoms with Crippen molar-refractivity contribution in [2.45, 2.75) is 0 Å². The summed E-state index contributed by atoms with van der Waals surface area (Å²) in [6.45, 7) is 0.463. The number of nitrogens with zero attached hydrogens (tertiary/aromatic N) is 3. The van der Waals surface area contributed by atoms with Crippen LogP contribution in [0.4, 0.5) is 25.8 Å². The van der Waals surface area contributed by atoms with E-state index in [4.69, 9.17) is 11.5 Å². The van der Waals surface area contributed by atoms with Crippen LogP contribution in [0, 0.1) is 11.6 Å². The molecule has 0 saturated heterocycles. The maximum atomic E-state index is 14.2. The van der Waals surface area contributed by atoms with Gasteiger partial charge in [-0.25, -0.2) is 8.78 Å². The highest BCUT2D eigenvalue weighted by molar-refractivity contribution is 5.89. The number of halogens is 2. The van der Waals surface area contributed by atoms with Crippen molar-refractivity contribution in [3.05, 3.63) is 71.7 Å². The fourth-order valence-corrected chi connectivity index (χ4v) is 2.89. The summed E-state index contributed by atoms with van der Waals surface area (Å²) in [5.41, 5.74) is 13.7. The first-order valence-corrected chi connectivity index (χ1v) is 7.64. The Labute approximate surface area is 143 Å². The van der Waals surface area contributed by atoms with Gasteiger partial charge in [0, 0.05) is 12.4 Å². The minimum Gasteiger partial charge on any atom is -0.397 e. The molecule has 2 aromatic carbocycles. The molecule has 0 fully saturated rings. The predicted octanol–water partition coefficient (Wildman–Crippen LogP) is 3.13. The van der Waals surface area contributed by atoms with Crippen molar-refractivity contribution in [3.63, 3.8) is 0 Å². The molecule has 2 aromatic rings. The van der Waals surface area contributed by atoms with E-state index in [0.717, 1.165) is 17.5 Å². The highest BCUT2D eigenvalue weighted by Gasteiger charge is 2.26. The summed E-state index contributed by atoms with van der Waals surface area (Å²) in [6.07, 6.45) is 5.05. The smallest absolute Gasteiger partial charge is 0.158 e. The van der Waals surface area contributed by atoms with Crippen molar-refractivity contribution in [1.29, 1.82) is 0 Å². The van der Waals surface area contributed by atoms with E-state index in [1.54, 1.807) is 12.4 Å². The van der Waals surface area contributed by atoms with E-state index in [0.29, 0.717) is 12.4 Å². The van der Waals surface area contributed by atoms with Gasteiger partial charge in [-0.2, -0.15) is 0 Å². The summed E-state index contributed by atoms with van der Waals surface area (Å²) in [5.74, 6) is -1.51. The first-order chi connectivity index (χ1) is 12.0. The van der Waals surface area contributed by atoms with Crippen LogP contribution in [0.25, 0.3) is 5.70 Å². The van der Waals surface area contributed by atoms with E-state index >= 15 is 0 Å². The Bertz CT molecular complexity index is 948. The number of fused-ring (bicyclic) bond motifs is 1. The molecule has 2 aliphatic heterocycles. The maximum absolute atomic E-state index is 14.2. The number of hydrogen-bond acceptors (Lipinski definition) is 5. The van der Waals surface area contributed by atoms with Gasteiger partial charge in [-0.1, -0.05) is 12.1 Å². The molecule has 0 saturated carbocycles. The zero-order valence-electron chi connectivity index (χ0n) is 13.2. The zero-order valence-corrected chi connectivity index (χ0v) is 13.2. The van der Waals surface area contributed by atoms with Crippen LogP contribution in [0.15, 0.2) is 59.5 Å². The number of benzene rings is 2. The third-order valence-electron chi connectivity index (χ3n) is 4.16. The van der Waals surface area contributed by atoms with E-state index in [2.05, 4.69) is 4.99 Å². The van der Waals surface area contributed by atoms with Crippen molar-refractivity contribution in [2.75, 3.05) is 23.0 Å². The number of hydrogen-bond donors (Lipinski definition) is 2. The molecule has 5 nitrogen and oxygen atoms in total. The van der Waals surface area contributed by atoms with Crippen molar-refractivity contribution in [3.8, 4) is 0 Å². The molecule has 0 spiro atoms. The molecule has 4 N–H and O–H groups in total. The van der Waals surface area contributed by atoms with Gasteiger partial charge in [0.05, 0.1) is 46.9 Å². The van der Waals surface area contributed by atoms with Gasteiger partial charge in [-0.3, -0.25) is 4.99 Å². The van der Waals surface area contributed by atoms with Crippen LogP contribution >= 0.6 is 0 Å². The minimum atomic E-state index is -0.806. The number of nitrogens with two attached hydrogens (primary N) is 2. The summed E-state index contributed by atoms with van der Waals surface area (Å²) >= 11 is 0. The Hall–Kier alpha value is -3.35. The lowest BCUT2D eigenvalue weighted by Crippen LogP contribution is -2.25. The van der Waals surface area contributed by atoms with Gasteiger partial charge in [-0.05, 0) is 24.3 Å². The molecule has 0 aromatic heterocycles. The molecular formula is C18H15F2N5. The van der Waals surface area contributed by atoms with Crippen LogP contribution < -0.4 is 16.4 Å². The Morgan fingerprint density at radius 3 is 2.52 bits per heavy atom. The van der Waals surface area contributed by atoms with Gasteiger partial charge in [0.1, 0.15) is 5.82 Å². The van der Waals surface area contributed by atoms with E-state index in [-0.39, 0.29) is 16.9 Å². The highest BCUT2D eigenvalue weighted by atomic mass is 19.1. The van der Waals surface area contributed by atoms with Crippen molar-refractivity contribution < 1.29 is 8.78 Å². The molecule has 2 aliphatic rings. The summed E-state index contributed by atoms with van der Waals surface area (Å²) in [4.78, 5) is 7.98. The molecule has 126 valence electrons. The fraction of sp³-hybridized carbons (Fsp3) is 0.0556. The normalized spacial score (nSPS) is 15.9. The van der Waals surface area contributed by atoms with E-state index < -0.39 is 11.6 Å². The first-order valence-electron chi connectivity index (χ1n) is 7.64. The third kappa shape index (κ3) is 2.50. The second kappa shape index (κ2) is 5.62. The zero-order chi connectivity index (χ0) is 17.6. The van der Waals surface area contributed by atoms with Crippen molar-refractivity contribution in [1.82, 2.24) is 4.90 Å². The Balaban J connectivity index is 1.68. The van der Waals surface area contributed by atoms with E-state index in [9.17, 15) is 8.78 Å². The van der Waals surface area contributed by atoms with Crippen LogP contribution in [-0.2, 0) is 0 Å². The molecule has 2 heterocycles. The summed E-state index contributed by atoms with van der Waals surface area (Å²) in [7, 11) is 0. The second-order valence-electron chi connectivity index (χ2n) is 5.79. The molecule has 0 amide bonds. The lowest BCUT2D eigenvalue weighted by atomic mass is 10.1. The SMILES string of the molecule is Nc1ccccc1N1C=C2C=NC(c3c(F)ccc(N)c3F)=CN2C1. The molecule has 25 heavy (non-hydrogen) atoms. The van der Waals surface area contributed by atoms with Crippen LogP contribution in [0.5, 0.6) is 0 Å². The predicted molar refractivity (Wildman–Crippen MR) is 95.4 cm³/mol. The molecule has 0 bridgehead atoms. The molecule has 0 unspecified atom stereocenters. The Morgan fingerprint density at radius 1 is 0.920 bits per heavy atom. The summed E-state index contributed by atoms with van der Waals surface area (Å²) in [5, 5.41) is 0. The molecule has 0 aliphatic carbocycles. The van der Waals surface area contributed by atoms with Crippen molar-refractivity contribution in [2.24, 2.45) is 4.99 Å². The molecular weight excluding hydrogens is 324 g/mol. The number of rotatable bonds is 2. The van der Waals surface area contributed by atoms with Crippen LogP contribution in [0.3, 0.4) is 0 Å². The van der Waals surface area contributed by atoms with Gasteiger partial charge in [0.2, 0.25) is 0 Å². The van der Waals surface area contributed by atoms with Gasteiger partial charge < -0.3 is 21.3 Å². The average Bonchev–Trinajstić information content (AvgIpc) is 3.02. The topological polar surface area (TPSA) is 70.9 Å². The van der Waals surface area contributed by atoms with Crippen molar-refractivity contribution >= 4 is 29.0 Å². The van der Waals surface area contributed by atoms with Crippen LogP contribution in [-0.4, -0.2) is 17.8 Å². The van der Waals surface area contributed by atoms with Crippen LogP contribution in [0.1, 0.15) is 5.56 Å². The lowest BCUT2D eigenvalue weighted by Gasteiger charge is -2.23. The largest absolute Gasteiger partial charge is 0.397 e. The van der Waals surface area contributed by atoms with Crippen LogP contribution in [0.2, 0.25) is 0 Å². The molecule has 4 rings (SSSR count). The third-order valence-corrected chi connectivity index (χ3v) is 4.16. The van der Waals surface area contributed by atoms with E-state index in [1.807, 2.05) is 40.3 Å². The van der Waals surface area contributed by atoms with Gasteiger partial charge >= 0.3 is 0 Å². The second-order valence-corrected chi connectivity index (χ2v) is 5.79. The highest BCUT2D eigenvalue weighted by Crippen LogP contribution is 2.33. The fourth-order valence-electron chi connectivity index (χ4n) is 2.89. The summed E-state index contributed by atoms with van der Waals surface area (Å²) < 4.78 is 28.3. The molecule has 0 atom stereocenters. The molecule has 0 radical (unpaired) electrons. The monoisotopic (exact) mass is 339 g/mol. The standard InChI is InChI=1S/C18H15F2N5/c19-12-5-6-14(22)18(20)17(12)15-9-24-10-25(8-11(24)7-23-15)16-4-2-1-3-13(16)21/h1-9H,10,21-22H2. The quantitative estimate of drug-likeness (QED) is 0.825. The van der Waals surface area contributed by atoms with Gasteiger partial charge in [0.15, 0.2) is 5.82 Å². The van der Waals surface area contributed by atoms with Gasteiger partial charge in [-0.15, -0.1) is 0 Å². The minimum absolute atomic E-state index is 0.117. The Kier molecular flexibility index (Phi) is 3.42. The van der Waals surface area contributed by atoms with E-state index in [1.165, 1.54) is 6.07 Å². The Morgan fingerprint density at radius 2 is 1.72 bits per heavy atom. The number of nitrogen functional groups attached to an aromatic ring is 2. The van der Waals surface area contributed by atoms with Gasteiger partial charge in [0.25, 0.3) is 0 Å². The first kappa shape index (κ1) is 15.2. The number of allylic oxidation sites excluding steroid dienone is 1. The lowest BCUT2D eigenvalue weighted by molar-refractivity contribution is 0.526. The molecule has 7 heteroatoms. The summed E-state index contributed by atoms with van der Waals surface area (Å²) in [6, 6.07) is 9.81. The number of anilines is 3. The maximum Gasteiger partial charge on any atom is 0.158 e. The number of para-hydroxylation sites is 2. The number of aliphatic imine (C=N–C) groups is 1.